The fourth-order valence-corrected chi connectivity index (χ4v) is 3.17. The van der Waals surface area contributed by atoms with Gasteiger partial charge in [0.1, 0.15) is 0 Å². The quantitative estimate of drug-likeness (QED) is 0.864. The second kappa shape index (κ2) is 5.07. The molecule has 100 valence electrons. The number of nitrogens with zero attached hydrogens (tertiary/aromatic N) is 1. The first-order valence-electron chi connectivity index (χ1n) is 5.83. The molecular formula is C12H17ClN2O2S. The Kier molecular flexibility index (Phi) is 3.84. The molecule has 0 atom stereocenters. The Morgan fingerprint density at radius 1 is 1.22 bits per heavy atom. The van der Waals surface area contributed by atoms with Gasteiger partial charge in [-0.2, -0.15) is 0 Å². The summed E-state index contributed by atoms with van der Waals surface area (Å²) in [5.74, 6) is 0. The Labute approximate surface area is 113 Å². The van der Waals surface area contributed by atoms with Gasteiger partial charge in [-0.05, 0) is 37.1 Å². The van der Waals surface area contributed by atoms with Crippen LogP contribution in [0.15, 0.2) is 29.2 Å². The van der Waals surface area contributed by atoms with Crippen LogP contribution in [0.3, 0.4) is 0 Å². The molecule has 0 spiro atoms. The summed E-state index contributed by atoms with van der Waals surface area (Å²) >= 11 is 5.91. The maximum atomic E-state index is 11.9. The average Bonchev–Trinajstić information content (AvgIpc) is 2.27. The molecule has 1 saturated carbocycles. The van der Waals surface area contributed by atoms with Crippen LogP contribution in [0.2, 0.25) is 0 Å². The maximum absolute atomic E-state index is 11.9. The third-order valence-electron chi connectivity index (χ3n) is 3.08. The van der Waals surface area contributed by atoms with E-state index in [0.717, 1.165) is 18.5 Å². The molecule has 1 aromatic carbocycles. The highest BCUT2D eigenvalue weighted by Gasteiger charge is 2.27. The second-order valence-corrected chi connectivity index (χ2v) is 7.49. The van der Waals surface area contributed by atoms with Crippen LogP contribution in [0.25, 0.3) is 0 Å². The molecule has 0 saturated heterocycles. The van der Waals surface area contributed by atoms with E-state index in [9.17, 15) is 8.42 Å². The van der Waals surface area contributed by atoms with E-state index in [-0.39, 0.29) is 5.38 Å². The molecule has 1 aromatic rings. The van der Waals surface area contributed by atoms with Crippen molar-refractivity contribution in [3.8, 4) is 0 Å². The largest absolute Gasteiger partial charge is 0.382 e. The zero-order chi connectivity index (χ0) is 13.3. The minimum absolute atomic E-state index is 0.274. The minimum Gasteiger partial charge on any atom is -0.382 e. The fourth-order valence-electron chi connectivity index (χ4n) is 1.84. The van der Waals surface area contributed by atoms with Gasteiger partial charge >= 0.3 is 0 Å². The van der Waals surface area contributed by atoms with Crippen molar-refractivity contribution < 1.29 is 8.42 Å². The van der Waals surface area contributed by atoms with Crippen LogP contribution in [-0.4, -0.2) is 38.2 Å². The number of benzene rings is 1. The van der Waals surface area contributed by atoms with Crippen molar-refractivity contribution in [1.82, 2.24) is 4.31 Å². The number of hydrogen-bond acceptors (Lipinski definition) is 3. The fraction of sp³-hybridized carbons (Fsp3) is 0.500. The van der Waals surface area contributed by atoms with Crippen molar-refractivity contribution in [2.75, 3.05) is 19.4 Å². The number of halogens is 1. The summed E-state index contributed by atoms with van der Waals surface area (Å²) < 4.78 is 24.9. The number of hydrogen-bond donors (Lipinski definition) is 1. The van der Waals surface area contributed by atoms with Gasteiger partial charge in [0, 0.05) is 31.2 Å². The van der Waals surface area contributed by atoms with E-state index in [1.165, 1.54) is 18.4 Å². The molecule has 0 aromatic heterocycles. The maximum Gasteiger partial charge on any atom is 0.242 e. The van der Waals surface area contributed by atoms with Crippen LogP contribution in [0.5, 0.6) is 0 Å². The van der Waals surface area contributed by atoms with Crippen LogP contribution in [0, 0.1) is 0 Å². The van der Waals surface area contributed by atoms with Crippen LogP contribution < -0.4 is 5.32 Å². The summed E-state index contributed by atoms with van der Waals surface area (Å²) in [6.07, 6.45) is 1.92. The van der Waals surface area contributed by atoms with Gasteiger partial charge in [-0.3, -0.25) is 0 Å². The number of nitrogens with one attached hydrogen (secondary N) is 1. The first-order chi connectivity index (χ1) is 8.39. The van der Waals surface area contributed by atoms with E-state index in [1.807, 2.05) is 0 Å². The number of anilines is 1. The van der Waals surface area contributed by atoms with E-state index in [0.29, 0.717) is 10.9 Å². The molecule has 0 radical (unpaired) electrons. The summed E-state index contributed by atoms with van der Waals surface area (Å²) in [4.78, 5) is 0.307. The molecule has 1 aliphatic carbocycles. The minimum atomic E-state index is -3.34. The van der Waals surface area contributed by atoms with Crippen molar-refractivity contribution in [3.05, 3.63) is 24.3 Å². The summed E-state index contributed by atoms with van der Waals surface area (Å²) in [5, 5.41) is 3.60. The van der Waals surface area contributed by atoms with E-state index < -0.39 is 10.0 Å². The monoisotopic (exact) mass is 288 g/mol. The predicted octanol–water partition coefficient (Wildman–Crippen LogP) is 2.12. The molecule has 0 amide bonds. The third kappa shape index (κ3) is 2.79. The van der Waals surface area contributed by atoms with Crippen molar-refractivity contribution in [1.29, 1.82) is 0 Å². The lowest BCUT2D eigenvalue weighted by Crippen LogP contribution is -2.35. The first kappa shape index (κ1) is 13.6. The van der Waals surface area contributed by atoms with Crippen molar-refractivity contribution in [2.45, 2.75) is 29.2 Å². The lowest BCUT2D eigenvalue weighted by atomic mass is 9.92. The lowest BCUT2D eigenvalue weighted by molar-refractivity contribution is 0.455. The van der Waals surface area contributed by atoms with Crippen molar-refractivity contribution in [3.63, 3.8) is 0 Å². The summed E-state index contributed by atoms with van der Waals surface area (Å²) in [7, 11) is -0.289. The molecule has 1 N–H and O–H groups in total. The van der Waals surface area contributed by atoms with E-state index in [4.69, 9.17) is 11.6 Å². The molecule has 6 heteroatoms. The second-order valence-electron chi connectivity index (χ2n) is 4.72. The number of alkyl halides is 1. The Hall–Kier alpha value is -0.780. The van der Waals surface area contributed by atoms with Gasteiger partial charge in [-0.1, -0.05) is 0 Å². The molecule has 1 fully saturated rings. The van der Waals surface area contributed by atoms with Gasteiger partial charge in [0.05, 0.1) is 4.90 Å². The van der Waals surface area contributed by atoms with Crippen molar-refractivity contribution >= 4 is 27.3 Å². The summed E-state index contributed by atoms with van der Waals surface area (Å²) in [6.45, 7) is 0. The highest BCUT2D eigenvalue weighted by atomic mass is 35.5. The number of sulfonamides is 1. The molecule has 0 aliphatic heterocycles. The molecule has 0 unspecified atom stereocenters. The average molecular weight is 289 g/mol. The highest BCUT2D eigenvalue weighted by molar-refractivity contribution is 7.89. The van der Waals surface area contributed by atoms with Gasteiger partial charge in [-0.15, -0.1) is 11.6 Å². The molecule has 2 rings (SSSR count). The topological polar surface area (TPSA) is 49.4 Å². The van der Waals surface area contributed by atoms with Gasteiger partial charge in [0.25, 0.3) is 0 Å². The van der Waals surface area contributed by atoms with Crippen LogP contribution in [-0.2, 0) is 10.0 Å². The zero-order valence-electron chi connectivity index (χ0n) is 10.4. The van der Waals surface area contributed by atoms with Crippen LogP contribution in [0.1, 0.15) is 12.8 Å². The van der Waals surface area contributed by atoms with Crippen molar-refractivity contribution in [2.24, 2.45) is 0 Å². The Morgan fingerprint density at radius 3 is 2.22 bits per heavy atom. The van der Waals surface area contributed by atoms with Crippen LogP contribution >= 0.6 is 11.6 Å². The molecular weight excluding hydrogens is 272 g/mol. The van der Waals surface area contributed by atoms with Gasteiger partial charge in [0.2, 0.25) is 10.0 Å². The molecule has 0 bridgehead atoms. The summed E-state index contributed by atoms with van der Waals surface area (Å²) in [6, 6.07) is 7.22. The highest BCUT2D eigenvalue weighted by Crippen LogP contribution is 2.28. The zero-order valence-corrected chi connectivity index (χ0v) is 12.0. The standard InChI is InChI=1S/C12H17ClN2O2S/c1-15(2)18(16,17)12-5-3-10(4-6-12)14-11-7-9(13)8-11/h3-6,9,11,14H,7-8H2,1-2H3. The van der Waals surface area contributed by atoms with Crippen LogP contribution in [0.4, 0.5) is 5.69 Å². The van der Waals surface area contributed by atoms with Gasteiger partial charge < -0.3 is 5.32 Å². The summed E-state index contributed by atoms with van der Waals surface area (Å²) in [5.41, 5.74) is 0.932. The molecule has 4 nitrogen and oxygen atoms in total. The Morgan fingerprint density at radius 2 is 1.78 bits per heavy atom. The van der Waals surface area contributed by atoms with Gasteiger partial charge in [0.15, 0.2) is 0 Å². The Bertz CT molecular complexity index is 507. The molecule has 18 heavy (non-hydrogen) atoms. The number of rotatable bonds is 4. The normalized spacial score (nSPS) is 23.8. The smallest absolute Gasteiger partial charge is 0.242 e. The first-order valence-corrected chi connectivity index (χ1v) is 7.70. The molecule has 0 heterocycles. The third-order valence-corrected chi connectivity index (χ3v) is 5.27. The van der Waals surface area contributed by atoms with E-state index >= 15 is 0 Å². The molecule has 1 aliphatic rings. The SMILES string of the molecule is CN(C)S(=O)(=O)c1ccc(NC2CC(Cl)C2)cc1. The lowest BCUT2D eigenvalue weighted by Gasteiger charge is -2.32. The predicted molar refractivity (Wildman–Crippen MR) is 73.6 cm³/mol. The van der Waals surface area contributed by atoms with Gasteiger partial charge in [-0.25, -0.2) is 12.7 Å². The van der Waals surface area contributed by atoms with E-state index in [2.05, 4.69) is 5.32 Å². The Balaban J connectivity index is 2.06. The van der Waals surface area contributed by atoms with E-state index in [1.54, 1.807) is 24.3 Å².